The molecule has 3 rings (SSSR count). The van der Waals surface area contributed by atoms with E-state index in [4.69, 9.17) is 14.2 Å². The van der Waals surface area contributed by atoms with Gasteiger partial charge in [0.25, 0.3) is 0 Å². The molecule has 11 nitrogen and oxygen atoms in total. The molecule has 0 bridgehead atoms. The lowest BCUT2D eigenvalue weighted by Gasteiger charge is -2.35. The van der Waals surface area contributed by atoms with E-state index in [9.17, 15) is 14.9 Å². The smallest absolute Gasteiger partial charge is 0.409 e. The molecule has 1 fully saturated rings. The standard InChI is InChI=1S/C22H26N6O5/c1-4-33-22(30)28-9-7-27(8-10-28)20-15(13-23)11-16(14-24-20)25-21(29)26-18-6-5-17(31-2)12-19(18)32-3/h5-6,11-12,14H,4,7-10H2,1-3H3,(H2,25,26,29). The highest BCUT2D eigenvalue weighted by Gasteiger charge is 2.24. The fourth-order valence-corrected chi connectivity index (χ4v) is 3.36. The third-order valence-corrected chi connectivity index (χ3v) is 5.01. The van der Waals surface area contributed by atoms with E-state index >= 15 is 0 Å². The van der Waals surface area contributed by atoms with Gasteiger partial charge in [0.15, 0.2) is 0 Å². The van der Waals surface area contributed by atoms with Crippen molar-refractivity contribution < 1.29 is 23.8 Å². The largest absolute Gasteiger partial charge is 0.497 e. The zero-order chi connectivity index (χ0) is 23.8. The number of carbonyl (C=O) groups excluding carboxylic acids is 2. The van der Waals surface area contributed by atoms with Crippen molar-refractivity contribution in [2.75, 3.05) is 62.5 Å². The molecular formula is C22H26N6O5. The molecule has 174 valence electrons. The Morgan fingerprint density at radius 1 is 1.12 bits per heavy atom. The van der Waals surface area contributed by atoms with Crippen LogP contribution in [-0.2, 0) is 4.74 Å². The van der Waals surface area contributed by atoms with Gasteiger partial charge in [-0.25, -0.2) is 14.6 Å². The summed E-state index contributed by atoms with van der Waals surface area (Å²) in [5.74, 6) is 1.54. The van der Waals surface area contributed by atoms with Crippen LogP contribution in [0.15, 0.2) is 30.5 Å². The lowest BCUT2D eigenvalue weighted by Crippen LogP contribution is -2.49. The molecule has 2 aromatic rings. The van der Waals surface area contributed by atoms with Gasteiger partial charge in [0.05, 0.1) is 44.0 Å². The fraction of sp³-hybridized carbons (Fsp3) is 0.364. The lowest BCUT2D eigenvalue weighted by atomic mass is 10.2. The van der Waals surface area contributed by atoms with Gasteiger partial charge in [-0.3, -0.25) is 0 Å². The number of rotatable bonds is 6. The van der Waals surface area contributed by atoms with E-state index in [2.05, 4.69) is 21.7 Å². The van der Waals surface area contributed by atoms with Gasteiger partial charge in [-0.15, -0.1) is 0 Å². The lowest BCUT2D eigenvalue weighted by molar-refractivity contribution is 0.105. The number of pyridine rings is 1. The Labute approximate surface area is 191 Å². The fourth-order valence-electron chi connectivity index (χ4n) is 3.36. The Morgan fingerprint density at radius 2 is 1.88 bits per heavy atom. The summed E-state index contributed by atoms with van der Waals surface area (Å²) in [5.41, 5.74) is 1.14. The van der Waals surface area contributed by atoms with Crippen molar-refractivity contribution in [3.05, 3.63) is 36.0 Å². The molecule has 33 heavy (non-hydrogen) atoms. The van der Waals surface area contributed by atoms with Gasteiger partial charge in [0.1, 0.15) is 23.4 Å². The van der Waals surface area contributed by atoms with Crippen molar-refractivity contribution in [1.82, 2.24) is 9.88 Å². The summed E-state index contributed by atoms with van der Waals surface area (Å²) in [7, 11) is 3.03. The number of benzene rings is 1. The molecule has 1 aromatic carbocycles. The first kappa shape index (κ1) is 23.5. The first-order chi connectivity index (χ1) is 16.0. The molecule has 1 aliphatic rings. The normalized spacial score (nSPS) is 13.0. The zero-order valence-electron chi connectivity index (χ0n) is 18.8. The van der Waals surface area contributed by atoms with Crippen LogP contribution in [-0.4, -0.2) is 69.0 Å². The molecule has 0 radical (unpaired) electrons. The van der Waals surface area contributed by atoms with Gasteiger partial charge >= 0.3 is 12.1 Å². The third-order valence-electron chi connectivity index (χ3n) is 5.01. The van der Waals surface area contributed by atoms with Crippen LogP contribution in [0.3, 0.4) is 0 Å². The van der Waals surface area contributed by atoms with Crippen molar-refractivity contribution in [2.24, 2.45) is 0 Å². The summed E-state index contributed by atoms with van der Waals surface area (Å²) >= 11 is 0. The summed E-state index contributed by atoms with van der Waals surface area (Å²) in [4.78, 5) is 32.3. The number of amides is 3. The van der Waals surface area contributed by atoms with E-state index in [1.807, 2.05) is 4.90 Å². The topological polar surface area (TPSA) is 129 Å². The van der Waals surface area contributed by atoms with Crippen LogP contribution in [0.4, 0.5) is 26.8 Å². The molecular weight excluding hydrogens is 428 g/mol. The Kier molecular flexibility index (Phi) is 7.75. The van der Waals surface area contributed by atoms with Gasteiger partial charge in [0, 0.05) is 32.2 Å². The minimum absolute atomic E-state index is 0.319. The Balaban J connectivity index is 1.65. The highest BCUT2D eigenvalue weighted by atomic mass is 16.6. The molecule has 1 aromatic heterocycles. The maximum absolute atomic E-state index is 12.5. The Morgan fingerprint density at radius 3 is 2.52 bits per heavy atom. The van der Waals surface area contributed by atoms with E-state index in [-0.39, 0.29) is 6.09 Å². The van der Waals surface area contributed by atoms with Gasteiger partial charge in [-0.1, -0.05) is 0 Å². The second kappa shape index (κ2) is 10.9. The van der Waals surface area contributed by atoms with E-state index in [1.165, 1.54) is 20.4 Å². The van der Waals surface area contributed by atoms with E-state index in [0.717, 1.165) is 0 Å². The van der Waals surface area contributed by atoms with Gasteiger partial charge in [0.2, 0.25) is 0 Å². The van der Waals surface area contributed by atoms with Gasteiger partial charge in [-0.05, 0) is 25.1 Å². The van der Waals surface area contributed by atoms with Crippen LogP contribution in [0.25, 0.3) is 0 Å². The Hall–Kier alpha value is -4.20. The van der Waals surface area contributed by atoms with E-state index in [1.54, 1.807) is 36.1 Å². The average molecular weight is 454 g/mol. The molecule has 2 heterocycles. The summed E-state index contributed by atoms with van der Waals surface area (Å²) < 4.78 is 15.5. The van der Waals surface area contributed by atoms with Crippen molar-refractivity contribution in [3.63, 3.8) is 0 Å². The molecule has 11 heteroatoms. The minimum atomic E-state index is -0.514. The number of nitrogens with one attached hydrogen (secondary N) is 2. The summed E-state index contributed by atoms with van der Waals surface area (Å²) in [6.45, 7) is 4.07. The number of ether oxygens (including phenoxy) is 3. The highest BCUT2D eigenvalue weighted by molar-refractivity contribution is 6.00. The second-order valence-corrected chi connectivity index (χ2v) is 7.03. The number of nitrogens with zero attached hydrogens (tertiary/aromatic N) is 4. The predicted octanol–water partition coefficient (Wildman–Crippen LogP) is 2.89. The number of urea groups is 1. The van der Waals surface area contributed by atoms with Crippen molar-refractivity contribution >= 4 is 29.3 Å². The minimum Gasteiger partial charge on any atom is -0.497 e. The molecule has 0 atom stereocenters. The molecule has 3 amide bonds. The monoisotopic (exact) mass is 454 g/mol. The number of hydrogen-bond acceptors (Lipinski definition) is 8. The summed E-state index contributed by atoms with van der Waals surface area (Å²) in [6, 6.07) is 8.19. The molecule has 0 saturated carbocycles. The van der Waals surface area contributed by atoms with Gasteiger partial charge in [-0.2, -0.15) is 5.26 Å². The zero-order valence-corrected chi connectivity index (χ0v) is 18.8. The van der Waals surface area contributed by atoms with Crippen molar-refractivity contribution in [3.8, 4) is 17.6 Å². The molecule has 0 unspecified atom stereocenters. The molecule has 1 aliphatic heterocycles. The maximum Gasteiger partial charge on any atom is 0.409 e. The van der Waals surface area contributed by atoms with Crippen molar-refractivity contribution in [1.29, 1.82) is 5.26 Å². The summed E-state index contributed by atoms with van der Waals surface area (Å²) in [6.07, 6.45) is 1.14. The molecule has 2 N–H and O–H groups in total. The number of aromatic nitrogens is 1. The first-order valence-corrected chi connectivity index (χ1v) is 10.4. The van der Waals surface area contributed by atoms with Crippen LogP contribution >= 0.6 is 0 Å². The van der Waals surface area contributed by atoms with Gasteiger partial charge < -0.3 is 34.6 Å². The quantitative estimate of drug-likeness (QED) is 0.682. The number of nitriles is 1. The first-order valence-electron chi connectivity index (χ1n) is 10.4. The number of methoxy groups -OCH3 is 2. The van der Waals surface area contributed by atoms with Crippen LogP contribution in [0.2, 0.25) is 0 Å². The number of carbonyl (C=O) groups is 2. The Bertz CT molecular complexity index is 1050. The van der Waals surface area contributed by atoms with Crippen LogP contribution in [0.5, 0.6) is 11.5 Å². The summed E-state index contributed by atoms with van der Waals surface area (Å²) in [5, 5.41) is 15.0. The number of anilines is 3. The maximum atomic E-state index is 12.5. The number of hydrogen-bond donors (Lipinski definition) is 2. The third kappa shape index (κ3) is 5.74. The second-order valence-electron chi connectivity index (χ2n) is 7.03. The predicted molar refractivity (Wildman–Crippen MR) is 122 cm³/mol. The van der Waals surface area contributed by atoms with Crippen molar-refractivity contribution in [2.45, 2.75) is 6.92 Å². The molecule has 0 aliphatic carbocycles. The van der Waals surface area contributed by atoms with Crippen LogP contribution in [0, 0.1) is 11.3 Å². The van der Waals surface area contributed by atoms with E-state index in [0.29, 0.717) is 67.0 Å². The van der Waals surface area contributed by atoms with Crippen LogP contribution < -0.4 is 25.0 Å². The van der Waals surface area contributed by atoms with Crippen LogP contribution in [0.1, 0.15) is 12.5 Å². The highest BCUT2D eigenvalue weighted by Crippen LogP contribution is 2.29. The SMILES string of the molecule is CCOC(=O)N1CCN(c2ncc(NC(=O)Nc3ccc(OC)cc3OC)cc2C#N)CC1. The number of piperazine rings is 1. The average Bonchev–Trinajstić information content (AvgIpc) is 2.84. The molecule has 1 saturated heterocycles. The van der Waals surface area contributed by atoms with E-state index < -0.39 is 6.03 Å². The molecule has 0 spiro atoms.